The quantitative estimate of drug-likeness (QED) is 0.804. The molecule has 2 rings (SSSR count). The van der Waals surface area contributed by atoms with E-state index in [-0.39, 0.29) is 30.5 Å². The largest absolute Gasteiger partial charge is 0.333 e. The van der Waals surface area contributed by atoms with E-state index in [1.165, 1.54) is 0 Å². The van der Waals surface area contributed by atoms with Gasteiger partial charge in [0.25, 0.3) is 10.0 Å². The SMILES string of the molecule is Cl.NCCNS(=O)(=O)c1cn2c(n1)CCCC2. The van der Waals surface area contributed by atoms with Crippen LogP contribution in [0.15, 0.2) is 11.2 Å². The molecule has 8 heteroatoms. The van der Waals surface area contributed by atoms with Crippen LogP contribution in [0.1, 0.15) is 18.7 Å². The number of nitrogens with zero attached hydrogens (tertiary/aromatic N) is 2. The summed E-state index contributed by atoms with van der Waals surface area (Å²) in [6.45, 7) is 1.38. The summed E-state index contributed by atoms with van der Waals surface area (Å²) in [4.78, 5) is 4.15. The summed E-state index contributed by atoms with van der Waals surface area (Å²) in [5.41, 5.74) is 5.26. The molecule has 0 aromatic carbocycles. The molecule has 3 N–H and O–H groups in total. The van der Waals surface area contributed by atoms with Crippen molar-refractivity contribution in [2.24, 2.45) is 5.73 Å². The molecule has 0 spiro atoms. The van der Waals surface area contributed by atoms with Crippen LogP contribution in [0.2, 0.25) is 0 Å². The number of hydrogen-bond acceptors (Lipinski definition) is 4. The zero-order valence-electron chi connectivity index (χ0n) is 9.42. The zero-order valence-corrected chi connectivity index (χ0v) is 11.1. The van der Waals surface area contributed by atoms with Gasteiger partial charge in [-0.2, -0.15) is 0 Å². The third-order valence-corrected chi connectivity index (χ3v) is 3.93. The fraction of sp³-hybridized carbons (Fsp3) is 0.667. The molecular formula is C9H17ClN4O2S. The highest BCUT2D eigenvalue weighted by Gasteiger charge is 2.20. The maximum absolute atomic E-state index is 11.8. The molecule has 2 heterocycles. The summed E-state index contributed by atoms with van der Waals surface area (Å²) < 4.78 is 27.9. The standard InChI is InChI=1S/C9H16N4O2S.ClH/c10-4-5-11-16(14,15)9-7-13-6-2-1-3-8(13)12-9;/h7,11H,1-6,10H2;1H. The number of nitrogens with one attached hydrogen (secondary N) is 1. The number of nitrogens with two attached hydrogens (primary N) is 1. The van der Waals surface area contributed by atoms with Gasteiger partial charge in [-0.25, -0.2) is 18.1 Å². The first-order valence-corrected chi connectivity index (χ1v) is 6.87. The average Bonchev–Trinajstić information content (AvgIpc) is 2.71. The molecule has 0 bridgehead atoms. The molecule has 1 aliphatic heterocycles. The molecule has 17 heavy (non-hydrogen) atoms. The molecule has 0 amide bonds. The Hall–Kier alpha value is -0.630. The number of aromatic nitrogens is 2. The smallest absolute Gasteiger partial charge is 0.259 e. The predicted octanol–water partition coefficient (Wildman–Crippen LogP) is -0.122. The van der Waals surface area contributed by atoms with Gasteiger partial charge >= 0.3 is 0 Å². The van der Waals surface area contributed by atoms with E-state index in [4.69, 9.17) is 5.73 Å². The highest BCUT2D eigenvalue weighted by molar-refractivity contribution is 7.89. The number of sulfonamides is 1. The van der Waals surface area contributed by atoms with Crippen molar-refractivity contribution in [2.45, 2.75) is 30.8 Å². The zero-order chi connectivity index (χ0) is 11.6. The number of fused-ring (bicyclic) bond motifs is 1. The van der Waals surface area contributed by atoms with E-state index < -0.39 is 10.0 Å². The first kappa shape index (κ1) is 14.4. The number of rotatable bonds is 4. The Kier molecular flexibility index (Phi) is 4.93. The minimum atomic E-state index is -3.48. The van der Waals surface area contributed by atoms with E-state index in [0.29, 0.717) is 0 Å². The molecule has 0 fully saturated rings. The minimum Gasteiger partial charge on any atom is -0.333 e. The highest BCUT2D eigenvalue weighted by Crippen LogP contribution is 2.16. The van der Waals surface area contributed by atoms with Crippen molar-refractivity contribution in [3.05, 3.63) is 12.0 Å². The van der Waals surface area contributed by atoms with Crippen LogP contribution in [0, 0.1) is 0 Å². The summed E-state index contributed by atoms with van der Waals surface area (Å²) in [5, 5.41) is 0.109. The van der Waals surface area contributed by atoms with Gasteiger partial charge in [0.1, 0.15) is 5.82 Å². The van der Waals surface area contributed by atoms with Crippen LogP contribution < -0.4 is 10.5 Å². The van der Waals surface area contributed by atoms with Crippen LogP contribution in [0.5, 0.6) is 0 Å². The third kappa shape index (κ3) is 3.19. The molecule has 1 aromatic rings. The van der Waals surface area contributed by atoms with Gasteiger partial charge in [0.2, 0.25) is 0 Å². The molecular weight excluding hydrogens is 264 g/mol. The number of hydrogen-bond donors (Lipinski definition) is 2. The maximum Gasteiger partial charge on any atom is 0.259 e. The summed E-state index contributed by atoms with van der Waals surface area (Å²) in [6.07, 6.45) is 4.62. The lowest BCUT2D eigenvalue weighted by molar-refractivity contribution is 0.522. The molecule has 0 unspecified atom stereocenters. The average molecular weight is 281 g/mol. The van der Waals surface area contributed by atoms with Gasteiger partial charge in [-0.05, 0) is 12.8 Å². The van der Waals surface area contributed by atoms with Gasteiger partial charge in [-0.1, -0.05) is 0 Å². The topological polar surface area (TPSA) is 90.0 Å². The van der Waals surface area contributed by atoms with Crippen LogP contribution >= 0.6 is 12.4 Å². The Morgan fingerprint density at radius 1 is 1.47 bits per heavy atom. The monoisotopic (exact) mass is 280 g/mol. The van der Waals surface area contributed by atoms with Crippen molar-refractivity contribution < 1.29 is 8.42 Å². The lowest BCUT2D eigenvalue weighted by atomic mass is 10.2. The lowest BCUT2D eigenvalue weighted by Gasteiger charge is -2.11. The predicted molar refractivity (Wildman–Crippen MR) is 66.7 cm³/mol. The van der Waals surface area contributed by atoms with E-state index in [1.54, 1.807) is 6.20 Å². The molecule has 0 saturated carbocycles. The summed E-state index contributed by atoms with van der Waals surface area (Å²) in [5.74, 6) is 0.861. The molecule has 6 nitrogen and oxygen atoms in total. The van der Waals surface area contributed by atoms with Crippen molar-refractivity contribution in [3.63, 3.8) is 0 Å². The van der Waals surface area contributed by atoms with Crippen LogP contribution in [-0.2, 0) is 23.0 Å². The van der Waals surface area contributed by atoms with Gasteiger partial charge in [0.05, 0.1) is 0 Å². The molecule has 1 aromatic heterocycles. The minimum absolute atomic E-state index is 0. The Morgan fingerprint density at radius 3 is 2.88 bits per heavy atom. The molecule has 0 aliphatic carbocycles. The fourth-order valence-corrected chi connectivity index (χ4v) is 2.81. The second kappa shape index (κ2) is 5.81. The van der Waals surface area contributed by atoms with Gasteiger partial charge in [0, 0.05) is 32.3 Å². The molecule has 1 aliphatic rings. The first-order chi connectivity index (χ1) is 7.63. The third-order valence-electron chi connectivity index (χ3n) is 2.60. The fourth-order valence-electron chi connectivity index (χ4n) is 1.78. The van der Waals surface area contributed by atoms with Gasteiger partial charge in [-0.3, -0.25) is 0 Å². The molecule has 0 radical (unpaired) electrons. The summed E-state index contributed by atoms with van der Waals surface area (Å²) in [6, 6.07) is 0. The van der Waals surface area contributed by atoms with E-state index in [1.807, 2.05) is 4.57 Å². The number of imidazole rings is 1. The van der Waals surface area contributed by atoms with Crippen molar-refractivity contribution >= 4 is 22.4 Å². The van der Waals surface area contributed by atoms with Gasteiger partial charge < -0.3 is 10.3 Å². The van der Waals surface area contributed by atoms with Crippen molar-refractivity contribution in [2.75, 3.05) is 13.1 Å². The Morgan fingerprint density at radius 2 is 2.24 bits per heavy atom. The normalized spacial score (nSPS) is 15.1. The van der Waals surface area contributed by atoms with E-state index in [2.05, 4.69) is 9.71 Å². The van der Waals surface area contributed by atoms with E-state index >= 15 is 0 Å². The molecule has 0 saturated heterocycles. The second-order valence-corrected chi connectivity index (χ2v) is 5.55. The Bertz CT molecular complexity index is 448. The Labute approximate surface area is 107 Å². The second-order valence-electron chi connectivity index (χ2n) is 3.83. The number of aryl methyl sites for hydroxylation is 2. The van der Waals surface area contributed by atoms with Crippen LogP contribution in [0.3, 0.4) is 0 Å². The van der Waals surface area contributed by atoms with E-state index in [9.17, 15) is 8.42 Å². The van der Waals surface area contributed by atoms with Crippen molar-refractivity contribution in [1.82, 2.24) is 14.3 Å². The lowest BCUT2D eigenvalue weighted by Crippen LogP contribution is -2.29. The van der Waals surface area contributed by atoms with Crippen LogP contribution in [0.25, 0.3) is 0 Å². The van der Waals surface area contributed by atoms with Crippen LogP contribution in [-0.4, -0.2) is 31.1 Å². The molecule has 98 valence electrons. The van der Waals surface area contributed by atoms with E-state index in [0.717, 1.165) is 31.6 Å². The highest BCUT2D eigenvalue weighted by atomic mass is 35.5. The number of halogens is 1. The van der Waals surface area contributed by atoms with Crippen LogP contribution in [0.4, 0.5) is 0 Å². The Balaban J connectivity index is 0.00000144. The first-order valence-electron chi connectivity index (χ1n) is 5.39. The van der Waals surface area contributed by atoms with Crippen molar-refractivity contribution in [1.29, 1.82) is 0 Å². The van der Waals surface area contributed by atoms with Gasteiger partial charge in [0.15, 0.2) is 5.03 Å². The van der Waals surface area contributed by atoms with Crippen molar-refractivity contribution in [3.8, 4) is 0 Å². The van der Waals surface area contributed by atoms with Gasteiger partial charge in [-0.15, -0.1) is 12.4 Å². The maximum atomic E-state index is 11.8. The summed E-state index contributed by atoms with van der Waals surface area (Å²) in [7, 11) is -3.48. The summed E-state index contributed by atoms with van der Waals surface area (Å²) >= 11 is 0. The molecule has 0 atom stereocenters.